The van der Waals surface area contributed by atoms with Gasteiger partial charge >= 0.3 is 0 Å². The Labute approximate surface area is 154 Å². The molecule has 0 unspecified atom stereocenters. The molecule has 2 bridgehead atoms. The summed E-state index contributed by atoms with van der Waals surface area (Å²) >= 11 is 0. The Hall–Kier alpha value is -2.30. The average molecular weight is 353 g/mol. The maximum absolute atomic E-state index is 13.4. The molecule has 5 heteroatoms. The lowest BCUT2D eigenvalue weighted by atomic mass is 9.82. The molecule has 26 heavy (non-hydrogen) atoms. The summed E-state index contributed by atoms with van der Waals surface area (Å²) < 4.78 is 3.96. The van der Waals surface area contributed by atoms with Crippen molar-refractivity contribution >= 4 is 5.91 Å². The minimum Gasteiger partial charge on any atom is -0.342 e. The summed E-state index contributed by atoms with van der Waals surface area (Å²) in [4.78, 5) is 27.6. The van der Waals surface area contributed by atoms with Crippen molar-refractivity contribution in [1.82, 2.24) is 14.0 Å². The van der Waals surface area contributed by atoms with E-state index in [1.165, 1.54) is 0 Å². The summed E-state index contributed by atoms with van der Waals surface area (Å²) in [6.07, 6.45) is 5.90. The summed E-state index contributed by atoms with van der Waals surface area (Å²) in [6, 6.07) is 9.35. The third-order valence-electron chi connectivity index (χ3n) is 5.76. The van der Waals surface area contributed by atoms with Crippen molar-refractivity contribution in [1.29, 1.82) is 0 Å². The van der Waals surface area contributed by atoms with Crippen LogP contribution >= 0.6 is 0 Å². The molecule has 0 aliphatic carbocycles. The van der Waals surface area contributed by atoms with Gasteiger partial charge in [-0.3, -0.25) is 9.59 Å². The van der Waals surface area contributed by atoms with Crippen molar-refractivity contribution in [2.75, 3.05) is 13.1 Å². The lowest BCUT2D eigenvalue weighted by molar-refractivity contribution is -0.138. The lowest BCUT2D eigenvalue weighted by Crippen LogP contribution is -2.50. The van der Waals surface area contributed by atoms with Gasteiger partial charge < -0.3 is 14.0 Å². The van der Waals surface area contributed by atoms with Gasteiger partial charge in [-0.1, -0.05) is 19.9 Å². The fraction of sp³-hybridized carbons (Fsp3) is 0.524. The Morgan fingerprint density at radius 1 is 1.12 bits per heavy atom. The number of carbonyl (C=O) groups is 1. The highest BCUT2D eigenvalue weighted by Crippen LogP contribution is 2.36. The second kappa shape index (κ2) is 6.78. The van der Waals surface area contributed by atoms with Crippen LogP contribution in [0.15, 0.2) is 47.5 Å². The molecular formula is C21H27N3O2. The number of hydrogen-bond donors (Lipinski definition) is 0. The molecule has 0 saturated carbocycles. The molecule has 2 aromatic heterocycles. The third kappa shape index (κ3) is 3.11. The van der Waals surface area contributed by atoms with E-state index in [0.29, 0.717) is 18.4 Å². The predicted molar refractivity (Wildman–Crippen MR) is 101 cm³/mol. The molecule has 4 rings (SSSR count). The van der Waals surface area contributed by atoms with Gasteiger partial charge in [0.2, 0.25) is 5.91 Å². The molecule has 0 N–H and O–H groups in total. The van der Waals surface area contributed by atoms with E-state index in [1.807, 2.05) is 50.7 Å². The molecule has 1 amide bonds. The van der Waals surface area contributed by atoms with Crippen LogP contribution in [0.4, 0.5) is 0 Å². The van der Waals surface area contributed by atoms with Crippen molar-refractivity contribution < 1.29 is 4.79 Å². The Morgan fingerprint density at radius 2 is 1.88 bits per heavy atom. The number of rotatable bonds is 4. The fourth-order valence-corrected chi connectivity index (χ4v) is 4.64. The number of aromatic nitrogens is 2. The number of nitrogens with zero attached hydrogens (tertiary/aromatic N) is 3. The van der Waals surface area contributed by atoms with Crippen LogP contribution in [-0.4, -0.2) is 33.0 Å². The number of piperidine rings is 1. The number of carbonyl (C=O) groups excluding carboxylic acids is 1. The smallest absolute Gasteiger partial charge is 0.250 e. The van der Waals surface area contributed by atoms with Crippen molar-refractivity contribution in [2.45, 2.75) is 45.2 Å². The molecule has 1 fully saturated rings. The molecule has 2 aliphatic rings. The normalized spacial score (nSPS) is 23.0. The molecule has 0 spiro atoms. The van der Waals surface area contributed by atoms with Gasteiger partial charge in [-0.15, -0.1) is 0 Å². The zero-order valence-electron chi connectivity index (χ0n) is 15.5. The molecule has 2 aromatic rings. The van der Waals surface area contributed by atoms with Gasteiger partial charge in [-0.05, 0) is 42.9 Å². The first kappa shape index (κ1) is 17.1. The Morgan fingerprint density at radius 3 is 2.62 bits per heavy atom. The van der Waals surface area contributed by atoms with Crippen molar-refractivity contribution in [3.05, 3.63) is 58.8 Å². The molecule has 138 valence electrons. The fourth-order valence-electron chi connectivity index (χ4n) is 4.64. The second-order valence-corrected chi connectivity index (χ2v) is 8.22. The molecule has 0 radical (unpaired) electrons. The highest BCUT2D eigenvalue weighted by atomic mass is 16.2. The van der Waals surface area contributed by atoms with Crippen LogP contribution in [0.5, 0.6) is 0 Å². The highest BCUT2D eigenvalue weighted by Gasteiger charge is 2.38. The van der Waals surface area contributed by atoms with Gasteiger partial charge in [0.05, 0.1) is 0 Å². The number of fused-ring (bicyclic) bond motifs is 4. The zero-order chi connectivity index (χ0) is 18.3. The molecule has 2 aliphatic heterocycles. The maximum Gasteiger partial charge on any atom is 0.250 e. The molecular weight excluding hydrogens is 326 g/mol. The van der Waals surface area contributed by atoms with Crippen molar-refractivity contribution in [3.63, 3.8) is 0 Å². The molecule has 4 heterocycles. The Balaban J connectivity index is 1.59. The first-order chi connectivity index (χ1) is 12.5. The molecule has 5 nitrogen and oxygen atoms in total. The summed E-state index contributed by atoms with van der Waals surface area (Å²) in [5.74, 6) is 1.31. The van der Waals surface area contributed by atoms with Gasteiger partial charge in [0.15, 0.2) is 0 Å². The van der Waals surface area contributed by atoms with Crippen LogP contribution in [0.1, 0.15) is 44.3 Å². The largest absolute Gasteiger partial charge is 0.342 e. The van der Waals surface area contributed by atoms with Crippen LogP contribution in [0.2, 0.25) is 0 Å². The second-order valence-electron chi connectivity index (χ2n) is 8.22. The topological polar surface area (TPSA) is 47.2 Å². The average Bonchev–Trinajstić information content (AvgIpc) is 3.14. The first-order valence-electron chi connectivity index (χ1n) is 9.64. The van der Waals surface area contributed by atoms with Crippen LogP contribution in [0.3, 0.4) is 0 Å². The number of likely N-dealkylation sites (tertiary alicyclic amines) is 1. The number of hydrogen-bond acceptors (Lipinski definition) is 2. The van der Waals surface area contributed by atoms with E-state index in [9.17, 15) is 9.59 Å². The number of pyridine rings is 1. The first-order valence-corrected chi connectivity index (χ1v) is 9.64. The van der Waals surface area contributed by atoms with Crippen LogP contribution in [0, 0.1) is 11.8 Å². The van der Waals surface area contributed by atoms with E-state index in [2.05, 4.69) is 13.8 Å². The Bertz CT molecular complexity index is 837. The third-order valence-corrected chi connectivity index (χ3v) is 5.76. The standard InChI is InChI=1S/C21H27N3O2/c1-15(2)10-19(22-8-3-4-9-22)21(26)23-12-16-11-17(14-23)18-6-5-7-20(25)24(18)13-16/h3-9,15-17,19H,10-14H2,1-2H3/t16-,17+,19-/m0/s1. The SMILES string of the molecule is CC(C)C[C@@H](C(=O)N1C[C@@H]2C[C@H](C1)c1cccc(=O)n1C2)n1cccc1. The summed E-state index contributed by atoms with van der Waals surface area (Å²) in [5.41, 5.74) is 1.18. The quantitative estimate of drug-likeness (QED) is 0.848. The van der Waals surface area contributed by atoms with Crippen molar-refractivity contribution in [2.24, 2.45) is 11.8 Å². The monoisotopic (exact) mass is 353 g/mol. The molecule has 3 atom stereocenters. The van der Waals surface area contributed by atoms with Crippen LogP contribution in [0.25, 0.3) is 0 Å². The van der Waals surface area contributed by atoms with Crippen LogP contribution in [-0.2, 0) is 11.3 Å². The maximum atomic E-state index is 13.4. The summed E-state index contributed by atoms with van der Waals surface area (Å²) in [5, 5.41) is 0. The van der Waals surface area contributed by atoms with E-state index >= 15 is 0 Å². The van der Waals surface area contributed by atoms with Gasteiger partial charge in [0, 0.05) is 49.7 Å². The highest BCUT2D eigenvalue weighted by molar-refractivity contribution is 5.80. The van der Waals surface area contributed by atoms with E-state index in [0.717, 1.165) is 31.6 Å². The zero-order valence-corrected chi connectivity index (χ0v) is 15.5. The lowest BCUT2D eigenvalue weighted by Gasteiger charge is -2.43. The molecule has 1 saturated heterocycles. The minimum atomic E-state index is -0.137. The van der Waals surface area contributed by atoms with Gasteiger partial charge in [0.25, 0.3) is 5.56 Å². The van der Waals surface area contributed by atoms with E-state index in [-0.39, 0.29) is 23.4 Å². The van der Waals surface area contributed by atoms with Gasteiger partial charge in [0.1, 0.15) is 6.04 Å². The summed E-state index contributed by atoms with van der Waals surface area (Å²) in [7, 11) is 0. The van der Waals surface area contributed by atoms with E-state index in [4.69, 9.17) is 0 Å². The van der Waals surface area contributed by atoms with E-state index < -0.39 is 0 Å². The predicted octanol–water partition coefficient (Wildman–Crippen LogP) is 2.88. The van der Waals surface area contributed by atoms with Crippen molar-refractivity contribution in [3.8, 4) is 0 Å². The minimum absolute atomic E-state index is 0.0852. The Kier molecular flexibility index (Phi) is 4.47. The molecule has 0 aromatic carbocycles. The van der Waals surface area contributed by atoms with Gasteiger partial charge in [-0.2, -0.15) is 0 Å². The van der Waals surface area contributed by atoms with E-state index in [1.54, 1.807) is 6.07 Å². The van der Waals surface area contributed by atoms with Gasteiger partial charge in [-0.25, -0.2) is 0 Å². The van der Waals surface area contributed by atoms with Crippen LogP contribution < -0.4 is 5.56 Å². The number of amides is 1. The summed E-state index contributed by atoms with van der Waals surface area (Å²) in [6.45, 7) is 6.53.